The highest BCUT2D eigenvalue weighted by Gasteiger charge is 2.42. The number of rotatable bonds is 7. The molecule has 0 saturated carbocycles. The molecular weight excluding hydrogens is 552 g/mol. The van der Waals surface area contributed by atoms with Crippen LogP contribution in [0.4, 0.5) is 0 Å². The van der Waals surface area contributed by atoms with Gasteiger partial charge in [0.25, 0.3) is 5.79 Å². The fourth-order valence-electron chi connectivity index (χ4n) is 5.68. The molecule has 4 aromatic rings. The third-order valence-corrected chi connectivity index (χ3v) is 9.17. The lowest BCUT2D eigenvalue weighted by Gasteiger charge is -2.33. The summed E-state index contributed by atoms with van der Waals surface area (Å²) in [5, 5.41) is 10.0. The molecule has 0 spiro atoms. The van der Waals surface area contributed by atoms with E-state index in [1.807, 2.05) is 29.7 Å². The highest BCUT2D eigenvalue weighted by molar-refractivity contribution is 7.20. The first-order valence-electron chi connectivity index (χ1n) is 14.0. The molecule has 40 heavy (non-hydrogen) atoms. The maximum absolute atomic E-state index is 11.6. The van der Waals surface area contributed by atoms with Gasteiger partial charge >= 0.3 is 5.97 Å². The molecule has 7 rings (SSSR count). The average Bonchev–Trinajstić information content (AvgIpc) is 3.62. The standard InChI is InChI=1S/C29H29ClN4O5S/c1-29(24-6-5-18(30)14-31-24)38-22-4-2-3-20(26(22)39-29)17-7-10-33(11-8-17)16-25-32-27-21(13-23(40-27)28(35)36)34(25)15-19-9-12-37-19/h2-6,13-14,17,19H,7-12,15-16H2,1H3,(H,35,36)/t19-,29+/m0/s1/i16D/t16-,19+,29-/m1. The number of nitrogens with zero attached hydrogens (tertiary/aromatic N) is 4. The van der Waals surface area contributed by atoms with Gasteiger partial charge in [-0.05, 0) is 62.5 Å². The molecule has 6 heterocycles. The third-order valence-electron chi connectivity index (χ3n) is 7.94. The molecule has 3 atom stereocenters. The molecule has 1 aromatic carbocycles. The van der Waals surface area contributed by atoms with Crippen molar-refractivity contribution in [1.82, 2.24) is 19.4 Å². The van der Waals surface area contributed by atoms with Crippen LogP contribution in [0, 0.1) is 0 Å². The highest BCUT2D eigenvalue weighted by Crippen LogP contribution is 2.49. The number of aromatic carboxylic acids is 1. The normalized spacial score (nSPS) is 24.1. The minimum atomic E-state index is -1.04. The first-order chi connectivity index (χ1) is 19.8. The van der Waals surface area contributed by atoms with E-state index in [0.717, 1.165) is 67.1 Å². The monoisotopic (exact) mass is 581 g/mol. The number of benzene rings is 1. The minimum absolute atomic E-state index is 0.0633. The Labute approximate surface area is 241 Å². The van der Waals surface area contributed by atoms with Crippen molar-refractivity contribution in [3.63, 3.8) is 0 Å². The molecule has 2 saturated heterocycles. The van der Waals surface area contributed by atoms with Crippen molar-refractivity contribution in [2.24, 2.45) is 0 Å². The maximum atomic E-state index is 11.6. The van der Waals surface area contributed by atoms with Gasteiger partial charge in [-0.2, -0.15) is 0 Å². The number of hydrogen-bond acceptors (Lipinski definition) is 8. The zero-order valence-corrected chi connectivity index (χ0v) is 23.5. The molecule has 2 fully saturated rings. The zero-order chi connectivity index (χ0) is 28.3. The van der Waals surface area contributed by atoms with Crippen LogP contribution in [0.2, 0.25) is 5.02 Å². The molecule has 1 N–H and O–H groups in total. The lowest BCUT2D eigenvalue weighted by molar-refractivity contribution is -0.0722. The highest BCUT2D eigenvalue weighted by atomic mass is 35.5. The van der Waals surface area contributed by atoms with E-state index in [1.165, 1.54) is 0 Å². The zero-order valence-electron chi connectivity index (χ0n) is 22.9. The summed E-state index contributed by atoms with van der Waals surface area (Å²) >= 11 is 7.19. The third kappa shape index (κ3) is 4.62. The van der Waals surface area contributed by atoms with Crippen LogP contribution < -0.4 is 9.47 Å². The van der Waals surface area contributed by atoms with Crippen LogP contribution in [0.5, 0.6) is 11.5 Å². The largest absolute Gasteiger partial charge is 0.477 e. The fourth-order valence-corrected chi connectivity index (χ4v) is 6.67. The molecule has 0 unspecified atom stereocenters. The summed E-state index contributed by atoms with van der Waals surface area (Å²) in [5.41, 5.74) is 2.51. The number of piperidine rings is 1. The van der Waals surface area contributed by atoms with E-state index in [-0.39, 0.29) is 16.9 Å². The molecule has 0 amide bonds. The molecule has 3 aliphatic rings. The topological polar surface area (TPSA) is 98.9 Å². The number of thiophene rings is 1. The van der Waals surface area contributed by atoms with E-state index in [1.54, 1.807) is 18.3 Å². The first-order valence-corrected chi connectivity index (χ1v) is 14.6. The van der Waals surface area contributed by atoms with Gasteiger partial charge in [0.05, 0.1) is 31.1 Å². The van der Waals surface area contributed by atoms with Crippen LogP contribution in [0.1, 0.15) is 60.2 Å². The van der Waals surface area contributed by atoms with Crippen molar-refractivity contribution in [3.05, 3.63) is 69.6 Å². The van der Waals surface area contributed by atoms with E-state index in [0.29, 0.717) is 33.7 Å². The van der Waals surface area contributed by atoms with Gasteiger partial charge in [0.2, 0.25) is 0 Å². The van der Waals surface area contributed by atoms with E-state index >= 15 is 0 Å². The summed E-state index contributed by atoms with van der Waals surface area (Å²) in [4.78, 5) is 23.8. The minimum Gasteiger partial charge on any atom is -0.477 e. The van der Waals surface area contributed by atoms with Crippen molar-refractivity contribution >= 4 is 39.3 Å². The number of carboxylic acids is 1. The number of carbonyl (C=O) groups is 1. The first kappa shape index (κ1) is 24.6. The number of ether oxygens (including phenoxy) is 3. The molecule has 3 aromatic heterocycles. The Morgan fingerprint density at radius 1 is 1.25 bits per heavy atom. The molecule has 208 valence electrons. The number of halogens is 1. The summed E-state index contributed by atoms with van der Waals surface area (Å²) in [5.74, 6) is 0.339. The summed E-state index contributed by atoms with van der Waals surface area (Å²) in [6.45, 7) is 3.95. The second kappa shape index (κ2) is 10.0. The van der Waals surface area contributed by atoms with E-state index in [2.05, 4.69) is 16.0 Å². The Hall–Kier alpha value is -3.18. The summed E-state index contributed by atoms with van der Waals surface area (Å²) in [7, 11) is 0. The van der Waals surface area contributed by atoms with Gasteiger partial charge in [-0.25, -0.2) is 9.78 Å². The van der Waals surface area contributed by atoms with E-state index in [9.17, 15) is 9.90 Å². The van der Waals surface area contributed by atoms with E-state index < -0.39 is 18.3 Å². The molecular formula is C29H29ClN4O5S. The van der Waals surface area contributed by atoms with Crippen LogP contribution in [0.3, 0.4) is 0 Å². The number of likely N-dealkylation sites (tertiary alicyclic amines) is 1. The van der Waals surface area contributed by atoms with Crippen molar-refractivity contribution in [2.75, 3.05) is 19.7 Å². The summed E-state index contributed by atoms with van der Waals surface area (Å²) in [6, 6.07) is 11.3. The van der Waals surface area contributed by atoms with Gasteiger partial charge in [0.1, 0.15) is 21.2 Å². The Bertz CT molecular complexity index is 1620. The predicted molar refractivity (Wildman–Crippen MR) is 150 cm³/mol. The Morgan fingerprint density at radius 3 is 2.77 bits per heavy atom. The maximum Gasteiger partial charge on any atom is 0.346 e. The lowest BCUT2D eigenvalue weighted by Crippen LogP contribution is -2.35. The van der Waals surface area contributed by atoms with Crippen LogP contribution >= 0.6 is 22.9 Å². The SMILES string of the molecule is [2H][C@H](c1nc2sc(C(=O)O)cc2n1C[C@@H]1CCO1)N1CCC(c2cccc3c2O[C@](C)(c2ccc(Cl)cn2)O3)CC1. The smallest absolute Gasteiger partial charge is 0.346 e. The van der Waals surface area contributed by atoms with Crippen molar-refractivity contribution in [3.8, 4) is 11.5 Å². The van der Waals surface area contributed by atoms with Crippen molar-refractivity contribution in [2.45, 2.75) is 57.1 Å². The van der Waals surface area contributed by atoms with Crippen LogP contribution in [-0.4, -0.2) is 56.3 Å². The molecule has 0 radical (unpaired) electrons. The molecule has 0 aliphatic carbocycles. The van der Waals surface area contributed by atoms with Gasteiger partial charge in [0.15, 0.2) is 11.5 Å². The van der Waals surface area contributed by atoms with Crippen molar-refractivity contribution < 1.29 is 25.5 Å². The van der Waals surface area contributed by atoms with Crippen LogP contribution in [0.15, 0.2) is 42.6 Å². The van der Waals surface area contributed by atoms with E-state index in [4.69, 9.17) is 32.2 Å². The Kier molecular flexibility index (Phi) is 6.17. The van der Waals surface area contributed by atoms with Crippen LogP contribution in [-0.2, 0) is 23.6 Å². The van der Waals surface area contributed by atoms with Gasteiger partial charge in [-0.15, -0.1) is 11.3 Å². The number of aromatic nitrogens is 3. The Balaban J connectivity index is 1.09. The van der Waals surface area contributed by atoms with Crippen LogP contribution in [0.25, 0.3) is 10.3 Å². The molecule has 3 aliphatic heterocycles. The molecule has 11 heteroatoms. The number of carboxylic acid groups (broad SMARTS) is 1. The average molecular weight is 582 g/mol. The summed E-state index contributed by atoms with van der Waals surface area (Å²) < 4.78 is 29.5. The number of fused-ring (bicyclic) bond motifs is 2. The fraction of sp³-hybridized carbons (Fsp3) is 0.414. The number of pyridine rings is 1. The second-order valence-corrected chi connectivity index (χ2v) is 12.1. The number of imidazole rings is 1. The Morgan fingerprint density at radius 2 is 2.08 bits per heavy atom. The van der Waals surface area contributed by atoms with Gasteiger partial charge in [-0.3, -0.25) is 9.88 Å². The number of para-hydroxylation sites is 1. The summed E-state index contributed by atoms with van der Waals surface area (Å²) in [6.07, 6.45) is 4.31. The van der Waals surface area contributed by atoms with Gasteiger partial charge in [0, 0.05) is 25.3 Å². The number of hydrogen-bond donors (Lipinski definition) is 1. The lowest BCUT2D eigenvalue weighted by atomic mass is 9.88. The van der Waals surface area contributed by atoms with Gasteiger partial charge in [-0.1, -0.05) is 23.7 Å². The molecule has 9 nitrogen and oxygen atoms in total. The van der Waals surface area contributed by atoms with Gasteiger partial charge < -0.3 is 23.9 Å². The second-order valence-electron chi connectivity index (χ2n) is 10.6. The molecule has 0 bridgehead atoms. The quantitative estimate of drug-likeness (QED) is 0.299. The predicted octanol–water partition coefficient (Wildman–Crippen LogP) is 5.66. The van der Waals surface area contributed by atoms with Crippen molar-refractivity contribution in [1.29, 1.82) is 0 Å².